The fraction of sp³-hybridized carbons (Fsp3) is 0.774. The number of ether oxygens (including phenoxy) is 2. The van der Waals surface area contributed by atoms with Crippen molar-refractivity contribution < 1.29 is 14.3 Å². The van der Waals surface area contributed by atoms with Crippen molar-refractivity contribution in [1.82, 2.24) is 15.0 Å². The number of rotatable bonds is 7. The zero-order valence-corrected chi connectivity index (χ0v) is 23.2. The lowest BCUT2D eigenvalue weighted by Crippen LogP contribution is -2.56. The normalized spacial score (nSPS) is 39.1. The van der Waals surface area contributed by atoms with Gasteiger partial charge in [0, 0.05) is 19.1 Å². The van der Waals surface area contributed by atoms with E-state index in [0.29, 0.717) is 17.1 Å². The van der Waals surface area contributed by atoms with Crippen LogP contribution < -0.4 is 4.74 Å². The second kappa shape index (κ2) is 9.66. The third-order valence-electron chi connectivity index (χ3n) is 11.8. The fourth-order valence-electron chi connectivity index (χ4n) is 9.97. The number of hydrogen-bond acceptors (Lipinski definition) is 5. The SMILES string of the molecule is CCC1CCC2(COC)C(CCC3C4CCC(C(=O)Cn5nc6ccc(OC)cc6n5)C4(C)CCC32)C1. The van der Waals surface area contributed by atoms with E-state index in [1.54, 1.807) is 11.9 Å². The average molecular weight is 508 g/mol. The molecule has 6 nitrogen and oxygen atoms in total. The van der Waals surface area contributed by atoms with Crippen molar-refractivity contribution in [3.63, 3.8) is 0 Å². The van der Waals surface area contributed by atoms with Crippen LogP contribution in [0.5, 0.6) is 5.75 Å². The predicted octanol–water partition coefficient (Wildman–Crippen LogP) is 6.32. The van der Waals surface area contributed by atoms with E-state index in [2.05, 4.69) is 24.0 Å². The van der Waals surface area contributed by atoms with E-state index in [-0.39, 0.29) is 17.9 Å². The zero-order valence-electron chi connectivity index (χ0n) is 23.2. The Morgan fingerprint density at radius 2 is 1.86 bits per heavy atom. The van der Waals surface area contributed by atoms with Gasteiger partial charge in [0.05, 0.1) is 13.7 Å². The van der Waals surface area contributed by atoms with Gasteiger partial charge in [-0.15, -0.1) is 0 Å². The van der Waals surface area contributed by atoms with E-state index >= 15 is 0 Å². The van der Waals surface area contributed by atoms with Crippen LogP contribution in [0, 0.1) is 46.3 Å². The molecule has 1 aromatic carbocycles. The molecule has 37 heavy (non-hydrogen) atoms. The summed E-state index contributed by atoms with van der Waals surface area (Å²) in [6, 6.07) is 5.69. The quantitative estimate of drug-likeness (QED) is 0.439. The molecule has 0 spiro atoms. The first-order chi connectivity index (χ1) is 17.9. The van der Waals surface area contributed by atoms with E-state index in [9.17, 15) is 4.79 Å². The summed E-state index contributed by atoms with van der Waals surface area (Å²) < 4.78 is 11.3. The van der Waals surface area contributed by atoms with Gasteiger partial charge in [-0.05, 0) is 110 Å². The third kappa shape index (κ3) is 4.04. The summed E-state index contributed by atoms with van der Waals surface area (Å²) in [6.45, 7) is 6.03. The number of fused-ring (bicyclic) bond motifs is 6. The Labute approximate surface area is 221 Å². The topological polar surface area (TPSA) is 66.2 Å². The van der Waals surface area contributed by atoms with Crippen LogP contribution in [0.2, 0.25) is 0 Å². The van der Waals surface area contributed by atoms with Crippen LogP contribution in [-0.4, -0.2) is 41.6 Å². The van der Waals surface area contributed by atoms with Crippen LogP contribution in [0.15, 0.2) is 18.2 Å². The van der Waals surface area contributed by atoms with Gasteiger partial charge in [-0.1, -0.05) is 20.3 Å². The van der Waals surface area contributed by atoms with Crippen LogP contribution in [0.1, 0.15) is 78.1 Å². The molecule has 0 bridgehead atoms. The molecule has 0 amide bonds. The van der Waals surface area contributed by atoms with E-state index in [0.717, 1.165) is 53.5 Å². The van der Waals surface area contributed by atoms with Gasteiger partial charge < -0.3 is 9.47 Å². The minimum absolute atomic E-state index is 0.107. The Bertz CT molecular complexity index is 1150. The molecule has 8 atom stereocenters. The summed E-state index contributed by atoms with van der Waals surface area (Å²) >= 11 is 0. The van der Waals surface area contributed by atoms with Crippen molar-refractivity contribution in [2.45, 2.75) is 84.6 Å². The minimum atomic E-state index is 0.107. The van der Waals surface area contributed by atoms with E-state index < -0.39 is 0 Å². The number of benzene rings is 1. The average Bonchev–Trinajstić information content (AvgIpc) is 3.47. The standard InChI is InChI=1S/C31H45N3O3/c1-5-20-12-15-31(19-36-3)21(16-20)6-8-23-24-9-10-26(30(24,2)14-13-25(23)31)29(35)18-34-32-27-11-7-22(37-4)17-28(27)33-34/h7,11,17,20-21,23-26H,5-6,8-10,12-16,18-19H2,1-4H3. The number of aromatic nitrogens is 3. The second-order valence-corrected chi connectivity index (χ2v) is 13.1. The smallest absolute Gasteiger partial charge is 0.159 e. The first-order valence-electron chi connectivity index (χ1n) is 14.8. The van der Waals surface area contributed by atoms with Crippen molar-refractivity contribution in [1.29, 1.82) is 0 Å². The second-order valence-electron chi connectivity index (χ2n) is 13.1. The molecule has 6 rings (SSSR count). The molecule has 4 fully saturated rings. The molecule has 4 saturated carbocycles. The van der Waals surface area contributed by atoms with Gasteiger partial charge in [0.1, 0.15) is 23.3 Å². The number of ketones is 1. The van der Waals surface area contributed by atoms with Gasteiger partial charge in [-0.25, -0.2) is 0 Å². The van der Waals surface area contributed by atoms with Crippen LogP contribution in [0.25, 0.3) is 11.0 Å². The van der Waals surface area contributed by atoms with Gasteiger partial charge in [-0.2, -0.15) is 15.0 Å². The molecule has 0 saturated heterocycles. The van der Waals surface area contributed by atoms with Crippen molar-refractivity contribution in [2.24, 2.45) is 46.3 Å². The summed E-state index contributed by atoms with van der Waals surface area (Å²) in [6.07, 6.45) is 12.8. The molecule has 202 valence electrons. The van der Waals surface area contributed by atoms with Crippen LogP contribution in [0.4, 0.5) is 0 Å². The van der Waals surface area contributed by atoms with Crippen LogP contribution >= 0.6 is 0 Å². The lowest BCUT2D eigenvalue weighted by molar-refractivity contribution is -0.155. The molecule has 0 aliphatic heterocycles. The minimum Gasteiger partial charge on any atom is -0.497 e. The summed E-state index contributed by atoms with van der Waals surface area (Å²) in [5, 5.41) is 9.20. The number of nitrogens with zero attached hydrogens (tertiary/aromatic N) is 3. The Morgan fingerprint density at radius 1 is 1.03 bits per heavy atom. The van der Waals surface area contributed by atoms with Crippen LogP contribution in [-0.2, 0) is 16.1 Å². The van der Waals surface area contributed by atoms with Crippen molar-refractivity contribution in [2.75, 3.05) is 20.8 Å². The van der Waals surface area contributed by atoms with Crippen molar-refractivity contribution in [3.8, 4) is 5.75 Å². The maximum atomic E-state index is 13.8. The fourth-order valence-corrected chi connectivity index (χ4v) is 9.97. The summed E-state index contributed by atoms with van der Waals surface area (Å²) in [4.78, 5) is 15.4. The first-order valence-corrected chi connectivity index (χ1v) is 14.8. The Hall–Kier alpha value is -1.95. The highest BCUT2D eigenvalue weighted by Gasteiger charge is 2.62. The Balaban J connectivity index is 1.20. The zero-order chi connectivity index (χ0) is 25.8. The van der Waals surface area contributed by atoms with E-state index in [1.807, 2.05) is 25.3 Å². The molecule has 0 radical (unpaired) electrons. The summed E-state index contributed by atoms with van der Waals surface area (Å²) in [7, 11) is 3.57. The lowest BCUT2D eigenvalue weighted by Gasteiger charge is -2.62. The molecule has 6 heteroatoms. The van der Waals surface area contributed by atoms with Gasteiger partial charge in [-0.3, -0.25) is 4.79 Å². The van der Waals surface area contributed by atoms with Gasteiger partial charge in [0.25, 0.3) is 0 Å². The highest BCUT2D eigenvalue weighted by molar-refractivity contribution is 5.82. The van der Waals surface area contributed by atoms with Gasteiger partial charge in [0.15, 0.2) is 5.78 Å². The number of carbonyl (C=O) groups is 1. The molecule has 1 heterocycles. The largest absolute Gasteiger partial charge is 0.497 e. The van der Waals surface area contributed by atoms with E-state index in [4.69, 9.17) is 9.47 Å². The summed E-state index contributed by atoms with van der Waals surface area (Å²) in [5.41, 5.74) is 2.06. The highest BCUT2D eigenvalue weighted by Crippen LogP contribution is 2.68. The molecule has 1 aromatic heterocycles. The molecule has 4 aliphatic rings. The van der Waals surface area contributed by atoms with Gasteiger partial charge in [0.2, 0.25) is 0 Å². The molecule has 4 aliphatic carbocycles. The first kappa shape index (κ1) is 25.3. The van der Waals surface area contributed by atoms with E-state index in [1.165, 1.54) is 57.8 Å². The Kier molecular flexibility index (Phi) is 6.61. The monoisotopic (exact) mass is 507 g/mol. The highest BCUT2D eigenvalue weighted by atomic mass is 16.5. The number of carbonyl (C=O) groups excluding carboxylic acids is 1. The number of methoxy groups -OCH3 is 2. The van der Waals surface area contributed by atoms with Crippen molar-refractivity contribution in [3.05, 3.63) is 18.2 Å². The Morgan fingerprint density at radius 3 is 2.65 bits per heavy atom. The maximum absolute atomic E-state index is 13.8. The number of Topliss-reactive ketones (excluding diaryl/α,β-unsaturated/α-hetero) is 1. The van der Waals surface area contributed by atoms with Gasteiger partial charge >= 0.3 is 0 Å². The lowest BCUT2D eigenvalue weighted by atomic mass is 9.43. The molecule has 8 unspecified atom stereocenters. The molecule has 2 aromatic rings. The third-order valence-corrected chi connectivity index (χ3v) is 11.8. The van der Waals surface area contributed by atoms with Crippen LogP contribution in [0.3, 0.4) is 0 Å². The maximum Gasteiger partial charge on any atom is 0.159 e. The molecule has 0 N–H and O–H groups in total. The summed E-state index contributed by atoms with van der Waals surface area (Å²) in [5.74, 6) is 5.11. The predicted molar refractivity (Wildman–Crippen MR) is 144 cm³/mol. The molecular formula is C31H45N3O3. The number of hydrogen-bond donors (Lipinski definition) is 0. The van der Waals surface area contributed by atoms with Crippen molar-refractivity contribution >= 4 is 16.8 Å². The molecular weight excluding hydrogens is 462 g/mol.